The molecule has 0 aliphatic heterocycles. The summed E-state index contributed by atoms with van der Waals surface area (Å²) in [5.41, 5.74) is 2.26. The van der Waals surface area contributed by atoms with E-state index in [0.717, 1.165) is 11.8 Å². The van der Waals surface area contributed by atoms with Crippen molar-refractivity contribution < 1.29 is 9.18 Å². The fraction of sp³-hybridized carbons (Fsp3) is 0. The largest absolute Gasteiger partial charge is 0.298 e. The minimum atomic E-state index is -0.353. The van der Waals surface area contributed by atoms with Gasteiger partial charge in [-0.3, -0.25) is 9.78 Å². The predicted octanol–water partition coefficient (Wildman–Crippen LogP) is 2.89. The molecular weight excluding hydrogens is 257 g/mol. The molecule has 3 aromatic rings. The van der Waals surface area contributed by atoms with Crippen molar-refractivity contribution in [3.63, 3.8) is 0 Å². The number of benzene rings is 1. The lowest BCUT2D eigenvalue weighted by molar-refractivity contribution is 0.112. The molecular formula is C15H10FN3O. The quantitative estimate of drug-likeness (QED) is 0.685. The lowest BCUT2D eigenvalue weighted by Gasteiger charge is -2.00. The van der Waals surface area contributed by atoms with E-state index in [1.54, 1.807) is 36.8 Å². The zero-order chi connectivity index (χ0) is 13.9. The van der Waals surface area contributed by atoms with Gasteiger partial charge >= 0.3 is 0 Å². The Labute approximate surface area is 114 Å². The summed E-state index contributed by atoms with van der Waals surface area (Å²) in [5.74, 6) is -0.353. The second-order valence-corrected chi connectivity index (χ2v) is 4.22. The Balaban J connectivity index is 2.12. The summed E-state index contributed by atoms with van der Waals surface area (Å²) in [5, 5.41) is 4.34. The van der Waals surface area contributed by atoms with Crippen LogP contribution in [0.25, 0.3) is 16.9 Å². The summed E-state index contributed by atoms with van der Waals surface area (Å²) in [6.45, 7) is 0. The standard InChI is InChI=1S/C15H10FN3O/c16-13-4-1-5-14(7-13)19-9-12(10-20)15(18-19)11-3-2-6-17-8-11/h1-10H. The fourth-order valence-corrected chi connectivity index (χ4v) is 1.95. The van der Waals surface area contributed by atoms with Gasteiger partial charge in [-0.2, -0.15) is 5.10 Å². The molecule has 0 spiro atoms. The predicted molar refractivity (Wildman–Crippen MR) is 72.1 cm³/mol. The molecule has 0 radical (unpaired) electrons. The van der Waals surface area contributed by atoms with Crippen molar-refractivity contribution in [1.82, 2.24) is 14.8 Å². The highest BCUT2D eigenvalue weighted by Gasteiger charge is 2.11. The number of aromatic nitrogens is 3. The summed E-state index contributed by atoms with van der Waals surface area (Å²) in [4.78, 5) is 15.2. The summed E-state index contributed by atoms with van der Waals surface area (Å²) in [7, 11) is 0. The van der Waals surface area contributed by atoms with E-state index in [0.29, 0.717) is 16.9 Å². The molecule has 0 atom stereocenters. The Hall–Kier alpha value is -2.82. The summed E-state index contributed by atoms with van der Waals surface area (Å²) in [6.07, 6.45) is 5.58. The molecule has 1 aromatic carbocycles. The Morgan fingerprint density at radius 2 is 2.10 bits per heavy atom. The van der Waals surface area contributed by atoms with Crippen molar-refractivity contribution in [2.24, 2.45) is 0 Å². The van der Waals surface area contributed by atoms with Crippen LogP contribution in [0.2, 0.25) is 0 Å². The van der Waals surface area contributed by atoms with Crippen molar-refractivity contribution in [3.05, 3.63) is 66.4 Å². The molecule has 3 rings (SSSR count). The molecule has 0 saturated carbocycles. The average molecular weight is 267 g/mol. The minimum absolute atomic E-state index is 0.353. The third-order valence-corrected chi connectivity index (χ3v) is 2.88. The van der Waals surface area contributed by atoms with Crippen LogP contribution in [-0.2, 0) is 0 Å². The maximum absolute atomic E-state index is 13.2. The van der Waals surface area contributed by atoms with Gasteiger partial charge in [0.15, 0.2) is 6.29 Å². The van der Waals surface area contributed by atoms with Crippen LogP contribution in [0.3, 0.4) is 0 Å². The molecule has 0 unspecified atom stereocenters. The van der Waals surface area contributed by atoms with Gasteiger partial charge in [0.1, 0.15) is 11.5 Å². The van der Waals surface area contributed by atoms with E-state index < -0.39 is 0 Å². The molecule has 0 aliphatic carbocycles. The van der Waals surface area contributed by atoms with Gasteiger partial charge in [-0.1, -0.05) is 6.07 Å². The Kier molecular flexibility index (Phi) is 3.09. The lowest BCUT2D eigenvalue weighted by Crippen LogP contribution is -1.95. The second-order valence-electron chi connectivity index (χ2n) is 4.22. The van der Waals surface area contributed by atoms with Crippen LogP contribution in [0.15, 0.2) is 55.0 Å². The smallest absolute Gasteiger partial charge is 0.153 e. The fourth-order valence-electron chi connectivity index (χ4n) is 1.95. The molecule has 5 heteroatoms. The summed E-state index contributed by atoms with van der Waals surface area (Å²) < 4.78 is 14.7. The maximum atomic E-state index is 13.2. The van der Waals surface area contributed by atoms with E-state index in [1.807, 2.05) is 6.07 Å². The van der Waals surface area contributed by atoms with Gasteiger partial charge in [-0.25, -0.2) is 9.07 Å². The van der Waals surface area contributed by atoms with Crippen LogP contribution < -0.4 is 0 Å². The zero-order valence-corrected chi connectivity index (χ0v) is 10.4. The van der Waals surface area contributed by atoms with Gasteiger partial charge in [-0.05, 0) is 30.3 Å². The van der Waals surface area contributed by atoms with Crippen LogP contribution >= 0.6 is 0 Å². The topological polar surface area (TPSA) is 47.8 Å². The van der Waals surface area contributed by atoms with Gasteiger partial charge in [0.05, 0.1) is 11.3 Å². The van der Waals surface area contributed by atoms with Crippen LogP contribution in [-0.4, -0.2) is 21.1 Å². The van der Waals surface area contributed by atoms with Crippen molar-refractivity contribution in [1.29, 1.82) is 0 Å². The van der Waals surface area contributed by atoms with E-state index in [1.165, 1.54) is 16.8 Å². The van der Waals surface area contributed by atoms with Crippen molar-refractivity contribution in [2.45, 2.75) is 0 Å². The minimum Gasteiger partial charge on any atom is -0.298 e. The van der Waals surface area contributed by atoms with Crippen LogP contribution in [0, 0.1) is 5.82 Å². The van der Waals surface area contributed by atoms with Crippen molar-refractivity contribution in [3.8, 4) is 16.9 Å². The molecule has 0 bridgehead atoms. The average Bonchev–Trinajstić information content (AvgIpc) is 2.92. The number of hydrogen-bond donors (Lipinski definition) is 0. The van der Waals surface area contributed by atoms with E-state index in [9.17, 15) is 9.18 Å². The van der Waals surface area contributed by atoms with Crippen molar-refractivity contribution in [2.75, 3.05) is 0 Å². The number of hydrogen-bond acceptors (Lipinski definition) is 3. The highest BCUT2D eigenvalue weighted by atomic mass is 19.1. The summed E-state index contributed by atoms with van der Waals surface area (Å²) >= 11 is 0. The highest BCUT2D eigenvalue weighted by molar-refractivity contribution is 5.85. The van der Waals surface area contributed by atoms with Crippen LogP contribution in [0.4, 0.5) is 4.39 Å². The van der Waals surface area contributed by atoms with Gasteiger partial charge in [0, 0.05) is 24.2 Å². The Morgan fingerprint density at radius 1 is 1.20 bits per heavy atom. The molecule has 20 heavy (non-hydrogen) atoms. The van der Waals surface area contributed by atoms with E-state index in [2.05, 4.69) is 10.1 Å². The number of nitrogens with zero attached hydrogens (tertiary/aromatic N) is 3. The zero-order valence-electron chi connectivity index (χ0n) is 10.4. The number of rotatable bonds is 3. The lowest BCUT2D eigenvalue weighted by atomic mass is 10.1. The van der Waals surface area contributed by atoms with Gasteiger partial charge < -0.3 is 0 Å². The molecule has 4 nitrogen and oxygen atoms in total. The molecule has 98 valence electrons. The number of pyridine rings is 1. The first-order valence-corrected chi connectivity index (χ1v) is 5.99. The highest BCUT2D eigenvalue weighted by Crippen LogP contribution is 2.21. The molecule has 2 heterocycles. The van der Waals surface area contributed by atoms with Gasteiger partial charge in [-0.15, -0.1) is 0 Å². The van der Waals surface area contributed by atoms with Crippen molar-refractivity contribution >= 4 is 6.29 Å². The van der Waals surface area contributed by atoms with Gasteiger partial charge in [0.2, 0.25) is 0 Å². The van der Waals surface area contributed by atoms with E-state index in [4.69, 9.17) is 0 Å². The molecule has 0 N–H and O–H groups in total. The molecule has 0 fully saturated rings. The summed E-state index contributed by atoms with van der Waals surface area (Å²) in [6, 6.07) is 9.61. The molecule has 0 aliphatic rings. The SMILES string of the molecule is O=Cc1cn(-c2cccc(F)c2)nc1-c1cccnc1. The molecule has 0 amide bonds. The number of carbonyl (C=O) groups excluding carboxylic acids is 1. The van der Waals surface area contributed by atoms with Crippen LogP contribution in [0.5, 0.6) is 0 Å². The van der Waals surface area contributed by atoms with Gasteiger partial charge in [0.25, 0.3) is 0 Å². The molecule has 0 saturated heterocycles. The second kappa shape index (κ2) is 5.05. The van der Waals surface area contributed by atoms with E-state index in [-0.39, 0.29) is 5.82 Å². The first kappa shape index (κ1) is 12.2. The molecule has 2 aromatic heterocycles. The first-order chi connectivity index (χ1) is 9.78. The third-order valence-electron chi connectivity index (χ3n) is 2.88. The number of halogens is 1. The maximum Gasteiger partial charge on any atom is 0.153 e. The van der Waals surface area contributed by atoms with E-state index >= 15 is 0 Å². The third kappa shape index (κ3) is 2.21. The monoisotopic (exact) mass is 267 g/mol. The van der Waals surface area contributed by atoms with Crippen LogP contribution in [0.1, 0.15) is 10.4 Å². The Bertz CT molecular complexity index is 753. The normalized spacial score (nSPS) is 10.4. The number of aldehydes is 1. The Morgan fingerprint density at radius 3 is 2.80 bits per heavy atom. The number of carbonyl (C=O) groups is 1. The first-order valence-electron chi connectivity index (χ1n) is 5.99.